The molecule has 20 heavy (non-hydrogen) atoms. The zero-order chi connectivity index (χ0) is 14.1. The van der Waals surface area contributed by atoms with E-state index in [-0.39, 0.29) is 10.6 Å². The van der Waals surface area contributed by atoms with Gasteiger partial charge >= 0.3 is 0 Å². The summed E-state index contributed by atoms with van der Waals surface area (Å²) < 4.78 is 1.35. The number of fused-ring (bicyclic) bond motifs is 1. The average molecular weight is 290 g/mol. The molecule has 0 spiro atoms. The van der Waals surface area contributed by atoms with E-state index in [4.69, 9.17) is 11.6 Å². The predicted octanol–water partition coefficient (Wildman–Crippen LogP) is 2.67. The lowest BCUT2D eigenvalue weighted by Crippen LogP contribution is -2.27. The van der Waals surface area contributed by atoms with Crippen LogP contribution in [0.25, 0.3) is 0 Å². The van der Waals surface area contributed by atoms with Gasteiger partial charge in [-0.25, -0.2) is 4.68 Å². The summed E-state index contributed by atoms with van der Waals surface area (Å²) in [5, 5.41) is 7.54. The van der Waals surface area contributed by atoms with Crippen LogP contribution >= 0.6 is 11.6 Å². The Labute approximate surface area is 122 Å². The monoisotopic (exact) mass is 289 g/mol. The van der Waals surface area contributed by atoms with Crippen molar-refractivity contribution in [1.29, 1.82) is 0 Å². The first kappa shape index (κ1) is 13.2. The summed E-state index contributed by atoms with van der Waals surface area (Å²) in [4.78, 5) is 11.9. The summed E-state index contributed by atoms with van der Waals surface area (Å²) in [5.74, 6) is 0.482. The van der Waals surface area contributed by atoms with E-state index in [2.05, 4.69) is 34.7 Å². The van der Waals surface area contributed by atoms with Crippen molar-refractivity contribution in [2.24, 2.45) is 0 Å². The van der Waals surface area contributed by atoms with E-state index in [1.165, 1.54) is 15.8 Å². The van der Waals surface area contributed by atoms with Crippen LogP contribution in [0.2, 0.25) is 5.02 Å². The third kappa shape index (κ3) is 2.20. The number of nitrogens with zero attached hydrogens (tertiary/aromatic N) is 2. The van der Waals surface area contributed by atoms with Gasteiger partial charge < -0.3 is 5.32 Å². The molecule has 1 aromatic carbocycles. The number of benzene rings is 1. The molecule has 1 aliphatic rings. The summed E-state index contributed by atoms with van der Waals surface area (Å²) in [6, 6.07) is 8.43. The first-order chi connectivity index (χ1) is 9.70. The second-order valence-electron chi connectivity index (χ2n) is 4.97. The number of aryl methyl sites for hydroxylation is 1. The van der Waals surface area contributed by atoms with E-state index in [1.807, 2.05) is 6.92 Å². The topological polar surface area (TPSA) is 46.9 Å². The first-order valence-corrected chi connectivity index (χ1v) is 7.15. The van der Waals surface area contributed by atoms with Crippen molar-refractivity contribution < 1.29 is 0 Å². The highest BCUT2D eigenvalue weighted by Crippen LogP contribution is 2.34. The van der Waals surface area contributed by atoms with Crippen molar-refractivity contribution in [2.75, 3.05) is 11.9 Å². The molecule has 0 amide bonds. The van der Waals surface area contributed by atoms with E-state index in [9.17, 15) is 4.79 Å². The molecule has 0 radical (unpaired) electrons. The molecule has 1 aromatic heterocycles. The Morgan fingerprint density at radius 1 is 1.45 bits per heavy atom. The third-order valence-corrected chi connectivity index (χ3v) is 4.15. The van der Waals surface area contributed by atoms with Gasteiger partial charge in [-0.05, 0) is 24.5 Å². The minimum absolute atomic E-state index is 0.217. The van der Waals surface area contributed by atoms with Crippen molar-refractivity contribution >= 4 is 17.3 Å². The minimum Gasteiger partial charge on any atom is -0.382 e. The Morgan fingerprint density at radius 2 is 2.25 bits per heavy atom. The summed E-state index contributed by atoms with van der Waals surface area (Å²) in [5.41, 5.74) is 3.16. The largest absolute Gasteiger partial charge is 0.382 e. The number of aromatic nitrogens is 2. The smallest absolute Gasteiger partial charge is 0.287 e. The second kappa shape index (κ2) is 5.29. The molecule has 0 bridgehead atoms. The number of hydrogen-bond donors (Lipinski definition) is 1. The Balaban J connectivity index is 1.72. The molecule has 0 saturated heterocycles. The van der Waals surface area contributed by atoms with Crippen LogP contribution in [-0.2, 0) is 13.0 Å². The molecule has 2 aromatic rings. The van der Waals surface area contributed by atoms with E-state index in [1.54, 1.807) is 6.20 Å². The lowest BCUT2D eigenvalue weighted by molar-refractivity contribution is 0.612. The molecule has 5 heteroatoms. The molecule has 4 nitrogen and oxygen atoms in total. The standard InChI is InChI=1S/C15H16ClN3O/c1-2-19-15(20)14(16)13(9-18-19)17-8-11-7-10-5-3-4-6-12(10)11/h3-6,9,11,17H,2,7-8H2,1H3. The number of rotatable bonds is 4. The van der Waals surface area contributed by atoms with Crippen LogP contribution in [0.4, 0.5) is 5.69 Å². The molecular weight excluding hydrogens is 274 g/mol. The van der Waals surface area contributed by atoms with Crippen LogP contribution in [0.1, 0.15) is 24.0 Å². The number of halogens is 1. The Bertz CT molecular complexity index is 696. The zero-order valence-corrected chi connectivity index (χ0v) is 12.0. The van der Waals surface area contributed by atoms with Crippen LogP contribution in [0, 0.1) is 0 Å². The van der Waals surface area contributed by atoms with Gasteiger partial charge in [0.25, 0.3) is 5.56 Å². The van der Waals surface area contributed by atoms with Crippen LogP contribution in [-0.4, -0.2) is 16.3 Å². The van der Waals surface area contributed by atoms with Gasteiger partial charge in [0.1, 0.15) is 5.02 Å². The van der Waals surface area contributed by atoms with Gasteiger partial charge in [0.15, 0.2) is 0 Å². The highest BCUT2D eigenvalue weighted by Gasteiger charge is 2.25. The fourth-order valence-electron chi connectivity index (χ4n) is 2.59. The van der Waals surface area contributed by atoms with E-state index in [0.29, 0.717) is 18.2 Å². The lowest BCUT2D eigenvalue weighted by Gasteiger charge is -2.30. The average Bonchev–Trinajstić information content (AvgIpc) is 2.44. The molecular formula is C15H16ClN3O. The fourth-order valence-corrected chi connectivity index (χ4v) is 2.80. The van der Waals surface area contributed by atoms with Crippen molar-refractivity contribution in [2.45, 2.75) is 25.8 Å². The van der Waals surface area contributed by atoms with Crippen molar-refractivity contribution in [3.63, 3.8) is 0 Å². The van der Waals surface area contributed by atoms with Gasteiger partial charge in [-0.2, -0.15) is 5.10 Å². The van der Waals surface area contributed by atoms with Gasteiger partial charge in [-0.15, -0.1) is 0 Å². The highest BCUT2D eigenvalue weighted by atomic mass is 35.5. The van der Waals surface area contributed by atoms with Crippen molar-refractivity contribution in [1.82, 2.24) is 9.78 Å². The summed E-state index contributed by atoms with van der Waals surface area (Å²) in [6.45, 7) is 3.16. The van der Waals surface area contributed by atoms with Crippen molar-refractivity contribution in [3.8, 4) is 0 Å². The van der Waals surface area contributed by atoms with Crippen molar-refractivity contribution in [3.05, 3.63) is 57.0 Å². The maximum absolute atomic E-state index is 11.9. The lowest BCUT2D eigenvalue weighted by atomic mass is 9.77. The molecule has 1 unspecified atom stereocenters. The number of anilines is 1. The number of nitrogens with one attached hydrogen (secondary N) is 1. The van der Waals surface area contributed by atoms with Gasteiger partial charge in [0.2, 0.25) is 0 Å². The van der Waals surface area contributed by atoms with Gasteiger partial charge in [0, 0.05) is 19.0 Å². The highest BCUT2D eigenvalue weighted by molar-refractivity contribution is 6.32. The molecule has 0 fully saturated rings. The van der Waals surface area contributed by atoms with Crippen LogP contribution in [0.5, 0.6) is 0 Å². The van der Waals surface area contributed by atoms with Gasteiger partial charge in [-0.1, -0.05) is 35.9 Å². The zero-order valence-electron chi connectivity index (χ0n) is 11.3. The summed E-state index contributed by atoms with van der Waals surface area (Å²) in [7, 11) is 0. The molecule has 0 saturated carbocycles. The van der Waals surface area contributed by atoms with Gasteiger partial charge in [-0.3, -0.25) is 4.79 Å². The predicted molar refractivity (Wildman–Crippen MR) is 80.6 cm³/mol. The molecule has 3 rings (SSSR count). The molecule has 1 N–H and O–H groups in total. The Kier molecular flexibility index (Phi) is 3.49. The summed E-state index contributed by atoms with van der Waals surface area (Å²) >= 11 is 6.09. The normalized spacial score (nSPS) is 16.4. The molecule has 1 atom stereocenters. The van der Waals surface area contributed by atoms with E-state index < -0.39 is 0 Å². The minimum atomic E-state index is -0.242. The fraction of sp³-hybridized carbons (Fsp3) is 0.333. The van der Waals surface area contributed by atoms with Gasteiger partial charge in [0.05, 0.1) is 11.9 Å². The maximum atomic E-state index is 11.9. The quantitative estimate of drug-likeness (QED) is 0.941. The summed E-state index contributed by atoms with van der Waals surface area (Å²) in [6.07, 6.45) is 2.69. The van der Waals surface area contributed by atoms with E-state index >= 15 is 0 Å². The van der Waals surface area contributed by atoms with Crippen LogP contribution < -0.4 is 10.9 Å². The van der Waals surface area contributed by atoms with E-state index in [0.717, 1.165) is 13.0 Å². The Hall–Kier alpha value is -1.81. The van der Waals surface area contributed by atoms with Crippen LogP contribution in [0.3, 0.4) is 0 Å². The maximum Gasteiger partial charge on any atom is 0.287 e. The molecule has 0 aliphatic heterocycles. The molecule has 1 aliphatic carbocycles. The second-order valence-corrected chi connectivity index (χ2v) is 5.35. The number of hydrogen-bond acceptors (Lipinski definition) is 3. The van der Waals surface area contributed by atoms with Crippen LogP contribution in [0.15, 0.2) is 35.3 Å². The molecule has 1 heterocycles. The SMILES string of the molecule is CCn1ncc(NCC2Cc3ccccc32)c(Cl)c1=O. The molecule has 104 valence electrons. The Morgan fingerprint density at radius 3 is 3.00 bits per heavy atom. The first-order valence-electron chi connectivity index (χ1n) is 6.78. The third-order valence-electron chi connectivity index (χ3n) is 3.78.